The molecule has 0 spiro atoms. The fourth-order valence-electron chi connectivity index (χ4n) is 1.98. The van der Waals surface area contributed by atoms with Crippen molar-refractivity contribution < 1.29 is 24.1 Å². The fraction of sp³-hybridized carbons (Fsp3) is 0.900. The molecule has 86 valence electrons. The van der Waals surface area contributed by atoms with Gasteiger partial charge in [-0.15, -0.1) is 0 Å². The number of esters is 1. The van der Waals surface area contributed by atoms with Gasteiger partial charge in [0, 0.05) is 6.42 Å². The van der Waals surface area contributed by atoms with E-state index < -0.39 is 6.10 Å². The van der Waals surface area contributed by atoms with Crippen LogP contribution in [0.3, 0.4) is 0 Å². The Morgan fingerprint density at radius 1 is 1.40 bits per heavy atom. The Balaban J connectivity index is 1.87. The molecule has 2 heterocycles. The van der Waals surface area contributed by atoms with Crippen molar-refractivity contribution in [2.45, 2.75) is 44.2 Å². The molecule has 0 unspecified atom stereocenters. The Hall–Kier alpha value is -0.650. The molecule has 2 rings (SSSR count). The van der Waals surface area contributed by atoms with Gasteiger partial charge in [-0.3, -0.25) is 4.79 Å². The van der Waals surface area contributed by atoms with Crippen molar-refractivity contribution in [2.24, 2.45) is 0 Å². The highest BCUT2D eigenvalue weighted by molar-refractivity contribution is 5.69. The summed E-state index contributed by atoms with van der Waals surface area (Å²) in [5.41, 5.74) is 0. The number of ether oxygens (including phenoxy) is 3. The molecule has 15 heavy (non-hydrogen) atoms. The number of hydrogen-bond donors (Lipinski definition) is 1. The van der Waals surface area contributed by atoms with Crippen LogP contribution in [-0.4, -0.2) is 48.7 Å². The zero-order valence-electron chi connectivity index (χ0n) is 8.72. The highest BCUT2D eigenvalue weighted by atomic mass is 16.6. The van der Waals surface area contributed by atoms with Gasteiger partial charge in [0.2, 0.25) is 0 Å². The first-order chi connectivity index (χ1) is 7.22. The number of carbonyl (C=O) groups excluding carboxylic acids is 1. The normalized spacial score (nSPS) is 39.1. The molecule has 1 N–H and O–H groups in total. The molecule has 0 amide bonds. The maximum atomic E-state index is 11.3. The monoisotopic (exact) mass is 216 g/mol. The molecule has 0 aromatic rings. The van der Waals surface area contributed by atoms with Gasteiger partial charge in [0.25, 0.3) is 0 Å². The van der Waals surface area contributed by atoms with E-state index in [2.05, 4.69) is 0 Å². The van der Waals surface area contributed by atoms with Gasteiger partial charge in [-0.2, -0.15) is 0 Å². The van der Waals surface area contributed by atoms with Gasteiger partial charge in [0.1, 0.15) is 18.3 Å². The van der Waals surface area contributed by atoms with E-state index in [1.165, 1.54) is 0 Å². The van der Waals surface area contributed by atoms with Crippen LogP contribution < -0.4 is 0 Å². The average molecular weight is 216 g/mol. The summed E-state index contributed by atoms with van der Waals surface area (Å²) in [7, 11) is 0. The predicted octanol–water partition coefficient (Wildman–Crippen LogP) is -0.143. The lowest BCUT2D eigenvalue weighted by Crippen LogP contribution is -2.34. The van der Waals surface area contributed by atoms with Crippen LogP contribution in [-0.2, 0) is 19.0 Å². The second-order valence-corrected chi connectivity index (χ2v) is 3.94. The second-order valence-electron chi connectivity index (χ2n) is 3.94. The van der Waals surface area contributed by atoms with E-state index in [9.17, 15) is 9.90 Å². The van der Waals surface area contributed by atoms with E-state index in [1.807, 2.05) is 6.92 Å². The van der Waals surface area contributed by atoms with Crippen molar-refractivity contribution in [1.82, 2.24) is 0 Å². The van der Waals surface area contributed by atoms with Crippen LogP contribution in [0.5, 0.6) is 0 Å². The average Bonchev–Trinajstić information content (AvgIpc) is 2.72. The van der Waals surface area contributed by atoms with Gasteiger partial charge < -0.3 is 19.3 Å². The fourth-order valence-corrected chi connectivity index (χ4v) is 1.98. The molecule has 0 aromatic carbocycles. The molecule has 0 saturated carbocycles. The Bertz CT molecular complexity index is 242. The number of rotatable bonds is 3. The Morgan fingerprint density at radius 2 is 2.13 bits per heavy atom. The van der Waals surface area contributed by atoms with Crippen molar-refractivity contribution in [2.75, 3.05) is 13.2 Å². The van der Waals surface area contributed by atoms with Gasteiger partial charge >= 0.3 is 5.97 Å². The van der Waals surface area contributed by atoms with Gasteiger partial charge in [0.05, 0.1) is 13.2 Å². The van der Waals surface area contributed by atoms with Crippen LogP contribution in [0.15, 0.2) is 0 Å². The Morgan fingerprint density at radius 3 is 2.87 bits per heavy atom. The minimum Gasteiger partial charge on any atom is -0.457 e. The first kappa shape index (κ1) is 10.9. The highest BCUT2D eigenvalue weighted by Gasteiger charge is 2.48. The molecular formula is C10H16O5. The minimum absolute atomic E-state index is 0.225. The first-order valence-corrected chi connectivity index (χ1v) is 5.33. The molecule has 4 atom stereocenters. The third kappa shape index (κ3) is 2.14. The first-order valence-electron chi connectivity index (χ1n) is 5.33. The summed E-state index contributed by atoms with van der Waals surface area (Å²) in [6.07, 6.45) is -0.387. The van der Waals surface area contributed by atoms with E-state index in [-0.39, 0.29) is 30.9 Å². The summed E-state index contributed by atoms with van der Waals surface area (Å²) in [5, 5.41) is 9.46. The van der Waals surface area contributed by atoms with Crippen LogP contribution >= 0.6 is 0 Å². The summed E-state index contributed by atoms with van der Waals surface area (Å²) >= 11 is 0. The standard InChI is InChI=1S/C10H16O5/c1-2-3-8(12)15-7-5-14-9-6(11)4-13-10(7)9/h6-7,9-11H,2-5H2,1H3/t6-,7+,9+,10+/m0/s1. The van der Waals surface area contributed by atoms with Crippen molar-refractivity contribution in [3.05, 3.63) is 0 Å². The number of aliphatic hydroxyl groups excluding tert-OH is 1. The molecular weight excluding hydrogens is 200 g/mol. The summed E-state index contributed by atoms with van der Waals surface area (Å²) in [4.78, 5) is 11.3. The molecule has 2 aliphatic rings. The van der Waals surface area contributed by atoms with E-state index in [1.54, 1.807) is 0 Å². The second kappa shape index (κ2) is 4.47. The smallest absolute Gasteiger partial charge is 0.306 e. The molecule has 5 nitrogen and oxygen atoms in total. The molecule has 5 heteroatoms. The predicted molar refractivity (Wildman–Crippen MR) is 50.3 cm³/mol. The van der Waals surface area contributed by atoms with Crippen LogP contribution in [0, 0.1) is 0 Å². The minimum atomic E-state index is -0.593. The third-order valence-corrected chi connectivity index (χ3v) is 2.72. The number of fused-ring (bicyclic) bond motifs is 1. The Kier molecular flexibility index (Phi) is 3.23. The third-order valence-electron chi connectivity index (χ3n) is 2.72. The van der Waals surface area contributed by atoms with Crippen molar-refractivity contribution in [1.29, 1.82) is 0 Å². The van der Waals surface area contributed by atoms with Gasteiger partial charge in [-0.25, -0.2) is 0 Å². The molecule has 2 aliphatic heterocycles. The van der Waals surface area contributed by atoms with Gasteiger partial charge in [-0.05, 0) is 6.42 Å². The van der Waals surface area contributed by atoms with E-state index in [0.717, 1.165) is 6.42 Å². The van der Waals surface area contributed by atoms with E-state index >= 15 is 0 Å². The maximum absolute atomic E-state index is 11.3. The topological polar surface area (TPSA) is 65.0 Å². The van der Waals surface area contributed by atoms with Crippen LogP contribution in [0.25, 0.3) is 0 Å². The maximum Gasteiger partial charge on any atom is 0.306 e. The Labute approximate surface area is 88.3 Å². The molecule has 2 fully saturated rings. The number of aliphatic hydroxyl groups is 1. The summed E-state index contributed by atoms with van der Waals surface area (Å²) in [5.74, 6) is -0.225. The van der Waals surface area contributed by atoms with Gasteiger partial charge in [0.15, 0.2) is 6.10 Å². The summed E-state index contributed by atoms with van der Waals surface area (Å²) in [6, 6.07) is 0. The zero-order valence-corrected chi connectivity index (χ0v) is 8.72. The highest BCUT2D eigenvalue weighted by Crippen LogP contribution is 2.28. The molecule has 0 bridgehead atoms. The van der Waals surface area contributed by atoms with Crippen molar-refractivity contribution >= 4 is 5.97 Å². The summed E-state index contributed by atoms with van der Waals surface area (Å²) in [6.45, 7) is 2.50. The van der Waals surface area contributed by atoms with Crippen LogP contribution in [0.4, 0.5) is 0 Å². The lowest BCUT2D eigenvalue weighted by molar-refractivity contribution is -0.153. The van der Waals surface area contributed by atoms with Crippen LogP contribution in [0.1, 0.15) is 19.8 Å². The van der Waals surface area contributed by atoms with Crippen molar-refractivity contribution in [3.8, 4) is 0 Å². The quantitative estimate of drug-likeness (QED) is 0.665. The molecule has 0 radical (unpaired) electrons. The van der Waals surface area contributed by atoms with Gasteiger partial charge in [-0.1, -0.05) is 6.92 Å². The largest absolute Gasteiger partial charge is 0.457 e. The summed E-state index contributed by atoms with van der Waals surface area (Å²) < 4.78 is 15.9. The number of carbonyl (C=O) groups is 1. The lowest BCUT2D eigenvalue weighted by atomic mass is 10.1. The zero-order chi connectivity index (χ0) is 10.8. The van der Waals surface area contributed by atoms with E-state index in [0.29, 0.717) is 13.0 Å². The molecule has 0 aromatic heterocycles. The SMILES string of the molecule is CCCC(=O)O[C@@H]1CO[C@H]2[C@@H]1OC[C@@H]2O. The molecule has 2 saturated heterocycles. The molecule has 0 aliphatic carbocycles. The van der Waals surface area contributed by atoms with Crippen molar-refractivity contribution in [3.63, 3.8) is 0 Å². The van der Waals surface area contributed by atoms with Crippen LogP contribution in [0.2, 0.25) is 0 Å². The van der Waals surface area contributed by atoms with E-state index in [4.69, 9.17) is 14.2 Å². The lowest BCUT2D eigenvalue weighted by Gasteiger charge is -2.16. The number of hydrogen-bond acceptors (Lipinski definition) is 5.